The third kappa shape index (κ3) is 6.40. The first-order valence-corrected chi connectivity index (χ1v) is 16.4. The van der Waals surface area contributed by atoms with Crippen molar-refractivity contribution in [3.63, 3.8) is 0 Å². The van der Waals surface area contributed by atoms with Gasteiger partial charge in [0, 0.05) is 51.3 Å². The zero-order valence-electron chi connectivity index (χ0n) is 22.1. The van der Waals surface area contributed by atoms with Crippen molar-refractivity contribution in [1.29, 1.82) is 0 Å². The van der Waals surface area contributed by atoms with E-state index in [-0.39, 0.29) is 5.69 Å². The summed E-state index contributed by atoms with van der Waals surface area (Å²) in [5.41, 5.74) is -4.76. The van der Waals surface area contributed by atoms with Gasteiger partial charge in [-0.3, -0.25) is 19.2 Å². The van der Waals surface area contributed by atoms with Crippen molar-refractivity contribution in [3.05, 3.63) is 51.6 Å². The topological polar surface area (TPSA) is 136 Å². The van der Waals surface area contributed by atoms with Crippen LogP contribution in [0, 0.1) is 10.1 Å². The van der Waals surface area contributed by atoms with Gasteiger partial charge in [0.25, 0.3) is 13.1 Å². The minimum absolute atomic E-state index is 0.0520. The molecule has 224 valence electrons. The van der Waals surface area contributed by atoms with Crippen LogP contribution in [-0.4, -0.2) is 108 Å². The summed E-state index contributed by atoms with van der Waals surface area (Å²) in [5.74, 6) is 2.73. The van der Waals surface area contributed by atoms with E-state index < -0.39 is 27.9 Å². The molecule has 4 heterocycles. The van der Waals surface area contributed by atoms with Gasteiger partial charge < -0.3 is 23.8 Å². The molecule has 0 aromatic heterocycles. The predicted octanol–water partition coefficient (Wildman–Crippen LogP) is 3.10. The van der Waals surface area contributed by atoms with Crippen molar-refractivity contribution in [1.82, 2.24) is 14.7 Å². The zero-order chi connectivity index (χ0) is 29.3. The van der Waals surface area contributed by atoms with E-state index in [9.17, 15) is 27.9 Å². The molecular weight excluding hydrogens is 578 g/mol. The Morgan fingerprint density at radius 2 is 1.57 bits per heavy atom. The molecule has 2 atom stereocenters. The lowest BCUT2D eigenvalue weighted by Gasteiger charge is -2.58. The minimum atomic E-state index is -6.09. The maximum absolute atomic E-state index is 14.2. The van der Waals surface area contributed by atoms with Gasteiger partial charge in [0.2, 0.25) is 5.82 Å². The van der Waals surface area contributed by atoms with E-state index in [2.05, 4.69) is 14.7 Å². The first-order chi connectivity index (χ1) is 18.7. The molecular formula is C23H33F3N5O7PS. The van der Waals surface area contributed by atoms with Gasteiger partial charge in [0.05, 0.1) is 30.8 Å². The molecule has 1 aromatic rings. The van der Waals surface area contributed by atoms with Crippen molar-refractivity contribution in [3.8, 4) is 0 Å². The van der Waals surface area contributed by atoms with E-state index in [0.717, 1.165) is 68.8 Å². The molecule has 2 unspecified atom stereocenters. The van der Waals surface area contributed by atoms with E-state index >= 15 is 0 Å². The highest BCUT2D eigenvalue weighted by atomic mass is 32.2. The zero-order valence-corrected chi connectivity index (χ0v) is 23.8. The van der Waals surface area contributed by atoms with Gasteiger partial charge >= 0.3 is 5.51 Å². The molecule has 0 bridgehead atoms. The number of non-ortho nitro benzene ring substituents is 1. The highest BCUT2D eigenvalue weighted by Gasteiger charge is 2.53. The summed E-state index contributed by atoms with van der Waals surface area (Å²) in [4.78, 5) is 18.2. The van der Waals surface area contributed by atoms with Crippen LogP contribution in [0.3, 0.4) is 0 Å². The van der Waals surface area contributed by atoms with E-state index in [1.54, 1.807) is 12.1 Å². The van der Waals surface area contributed by atoms with Gasteiger partial charge in [-0.15, -0.1) is 0 Å². The van der Waals surface area contributed by atoms with Gasteiger partial charge in [-0.05, 0) is 18.9 Å². The number of hydrogen-bond acceptors (Lipinski definition) is 10. The number of rotatable bonds is 7. The molecule has 0 amide bonds. The standard InChI is InChI=1S/C22H33N5O4P.CHF3O3S/c1-2-31-32(30,17-19-5-7-20(8-6-19)26(28)29)18-27-15-4-11-25-13-12-23-9-3-10-24(14-16-27)21(23)22(25)27;2-1(3,4)8(5,6)7/h5-8H,2-4,9-18H2,1H3;(H,5,6,7)/q+1;/p-1. The fourth-order valence-corrected chi connectivity index (χ4v) is 8.75. The largest absolute Gasteiger partial charge is 0.741 e. The molecule has 2 fully saturated rings. The first kappa shape index (κ1) is 30.6. The van der Waals surface area contributed by atoms with Crippen molar-refractivity contribution in [2.45, 2.75) is 31.4 Å². The molecule has 17 heteroatoms. The number of halogens is 3. The maximum Gasteiger partial charge on any atom is 0.485 e. The molecule has 2 saturated heterocycles. The lowest BCUT2D eigenvalue weighted by Crippen LogP contribution is -2.68. The summed E-state index contributed by atoms with van der Waals surface area (Å²) in [7, 11) is -9.10. The minimum Gasteiger partial charge on any atom is -0.741 e. The molecule has 0 aliphatic carbocycles. The molecule has 0 N–H and O–H groups in total. The van der Waals surface area contributed by atoms with E-state index in [0.29, 0.717) is 19.1 Å². The Balaban J connectivity index is 0.000000406. The first-order valence-electron chi connectivity index (χ1n) is 13.0. The summed E-state index contributed by atoms with van der Waals surface area (Å²) in [6.45, 7) is 10.6. The normalized spacial score (nSPS) is 24.1. The molecule has 4 aliphatic heterocycles. The van der Waals surface area contributed by atoms with Crippen molar-refractivity contribution >= 4 is 23.2 Å². The van der Waals surface area contributed by atoms with Crippen molar-refractivity contribution in [2.75, 3.05) is 65.3 Å². The smallest absolute Gasteiger partial charge is 0.485 e. The fourth-order valence-electron chi connectivity index (χ4n) is 5.99. The van der Waals surface area contributed by atoms with Crippen LogP contribution in [0.2, 0.25) is 0 Å². The van der Waals surface area contributed by atoms with E-state index in [4.69, 9.17) is 17.5 Å². The highest BCUT2D eigenvalue weighted by molar-refractivity contribution is 7.86. The number of benzene rings is 1. The van der Waals surface area contributed by atoms with E-state index in [1.807, 2.05) is 6.92 Å². The van der Waals surface area contributed by atoms with Crippen LogP contribution in [0.15, 0.2) is 35.9 Å². The number of nitrogens with zero attached hydrogens (tertiary/aromatic N) is 5. The van der Waals surface area contributed by atoms with Crippen LogP contribution in [0.1, 0.15) is 25.3 Å². The van der Waals surface area contributed by atoms with Crippen LogP contribution in [0.4, 0.5) is 18.9 Å². The number of alkyl halides is 3. The SMILES string of the molecule is CCOP(=O)(Cc1ccc([N+](=O)[O-])cc1)C[N+]12CCCN3CCN4CCCN(CC1)C4=C32.O=S(=O)([O-])C(F)(F)F. The summed E-state index contributed by atoms with van der Waals surface area (Å²) >= 11 is 0. The van der Waals surface area contributed by atoms with Crippen LogP contribution in [-0.2, 0) is 25.4 Å². The molecule has 0 spiro atoms. The van der Waals surface area contributed by atoms with Gasteiger partial charge in [-0.25, -0.2) is 8.42 Å². The molecule has 0 saturated carbocycles. The molecule has 0 radical (unpaired) electrons. The third-order valence-electron chi connectivity index (χ3n) is 7.56. The molecule has 5 rings (SSSR count). The Labute approximate surface area is 230 Å². The average molecular weight is 612 g/mol. The molecule has 12 nitrogen and oxygen atoms in total. The second-order valence-corrected chi connectivity index (χ2v) is 14.1. The lowest BCUT2D eigenvalue weighted by molar-refractivity contribution is -0.899. The lowest BCUT2D eigenvalue weighted by atomic mass is 10.1. The quantitative estimate of drug-likeness (QED) is 0.113. The van der Waals surface area contributed by atoms with Gasteiger partial charge in [0.1, 0.15) is 6.54 Å². The number of quaternary nitrogens is 1. The predicted molar refractivity (Wildman–Crippen MR) is 138 cm³/mol. The Morgan fingerprint density at radius 1 is 1.00 bits per heavy atom. The highest BCUT2D eigenvalue weighted by Crippen LogP contribution is 2.55. The Morgan fingerprint density at radius 3 is 2.15 bits per heavy atom. The Bertz CT molecular complexity index is 1290. The molecule has 40 heavy (non-hydrogen) atoms. The number of nitro groups is 1. The van der Waals surface area contributed by atoms with Crippen LogP contribution in [0.25, 0.3) is 0 Å². The van der Waals surface area contributed by atoms with Crippen molar-refractivity contribution in [2.24, 2.45) is 0 Å². The second-order valence-electron chi connectivity index (χ2n) is 10.3. The Hall–Kier alpha value is -2.39. The van der Waals surface area contributed by atoms with Crippen LogP contribution < -0.4 is 0 Å². The maximum atomic E-state index is 14.2. The Kier molecular flexibility index (Phi) is 8.77. The number of nitro benzene ring substituents is 1. The molecule has 4 aliphatic rings. The van der Waals surface area contributed by atoms with Crippen LogP contribution in [0.5, 0.6) is 0 Å². The third-order valence-corrected chi connectivity index (χ3v) is 10.7. The van der Waals surface area contributed by atoms with Gasteiger partial charge in [-0.2, -0.15) is 13.2 Å². The summed E-state index contributed by atoms with van der Waals surface area (Å²) in [6, 6.07) is 6.42. The summed E-state index contributed by atoms with van der Waals surface area (Å²) < 4.78 is 79.9. The fraction of sp³-hybridized carbons (Fsp3) is 0.652. The summed E-state index contributed by atoms with van der Waals surface area (Å²) in [5, 5.41) is 11.0. The van der Waals surface area contributed by atoms with Gasteiger partial charge in [0.15, 0.2) is 22.2 Å². The van der Waals surface area contributed by atoms with Crippen LogP contribution >= 0.6 is 7.37 Å². The van der Waals surface area contributed by atoms with Gasteiger partial charge in [-0.1, -0.05) is 12.1 Å². The average Bonchev–Trinajstić information content (AvgIpc) is 2.87. The monoisotopic (exact) mass is 611 g/mol. The van der Waals surface area contributed by atoms with Crippen molar-refractivity contribution < 1.29 is 44.6 Å². The van der Waals surface area contributed by atoms with E-state index in [1.165, 1.54) is 30.2 Å². The molecule has 1 aromatic carbocycles. The number of hydrogen-bond donors (Lipinski definition) is 0. The summed E-state index contributed by atoms with van der Waals surface area (Å²) in [6.07, 6.45) is 3.11. The second kappa shape index (κ2) is 11.5.